The number of pyridine rings is 1. The van der Waals surface area contributed by atoms with Crippen LogP contribution in [-0.2, 0) is 4.74 Å². The van der Waals surface area contributed by atoms with E-state index in [2.05, 4.69) is 44.1 Å². The summed E-state index contributed by atoms with van der Waals surface area (Å²) in [6, 6.07) is 6.10. The number of nitrogens with one attached hydrogen (secondary N) is 1. The number of nitrogens with zero attached hydrogens (tertiary/aromatic N) is 5. The lowest BCUT2D eigenvalue weighted by Crippen LogP contribution is -2.52. The largest absolute Gasteiger partial charge is 0.379 e. The lowest BCUT2D eigenvalue weighted by atomic mass is 10.3. The fourth-order valence-corrected chi connectivity index (χ4v) is 3.42. The van der Waals surface area contributed by atoms with Crippen molar-refractivity contribution in [2.24, 2.45) is 4.99 Å². The first-order chi connectivity index (χ1) is 12.9. The number of rotatable bonds is 6. The maximum atomic E-state index is 5.40. The molecule has 1 N–H and O–H groups in total. The molecule has 3 rings (SSSR count). The van der Waals surface area contributed by atoms with Gasteiger partial charge in [-0.15, -0.1) is 0 Å². The summed E-state index contributed by atoms with van der Waals surface area (Å²) in [5.74, 6) is 2.12. The Morgan fingerprint density at radius 3 is 2.65 bits per heavy atom. The van der Waals surface area contributed by atoms with Crippen LogP contribution >= 0.6 is 0 Å². The highest BCUT2D eigenvalue weighted by molar-refractivity contribution is 5.80. The van der Waals surface area contributed by atoms with Crippen molar-refractivity contribution < 1.29 is 4.74 Å². The number of aromatic nitrogens is 1. The number of ether oxygens (including phenoxy) is 1. The van der Waals surface area contributed by atoms with Crippen LogP contribution < -0.4 is 10.2 Å². The van der Waals surface area contributed by atoms with Crippen molar-refractivity contribution in [2.45, 2.75) is 13.3 Å². The minimum atomic E-state index is 0.868. The predicted molar refractivity (Wildman–Crippen MR) is 106 cm³/mol. The summed E-state index contributed by atoms with van der Waals surface area (Å²) in [5.41, 5.74) is 0. The third-order valence-electron chi connectivity index (χ3n) is 4.89. The number of hydrogen-bond donors (Lipinski definition) is 1. The molecule has 0 spiro atoms. The second-order valence-electron chi connectivity index (χ2n) is 6.71. The van der Waals surface area contributed by atoms with Crippen LogP contribution in [-0.4, -0.2) is 92.9 Å². The summed E-state index contributed by atoms with van der Waals surface area (Å²) in [7, 11) is 0. The molecule has 26 heavy (non-hydrogen) atoms. The lowest BCUT2D eigenvalue weighted by molar-refractivity contribution is 0.0377. The van der Waals surface area contributed by atoms with Crippen molar-refractivity contribution >= 4 is 11.8 Å². The highest BCUT2D eigenvalue weighted by Gasteiger charge is 2.20. The fraction of sp³-hybridized carbons (Fsp3) is 0.684. The van der Waals surface area contributed by atoms with E-state index in [0.717, 1.165) is 90.3 Å². The SMILES string of the molecule is CCNC(=NCCCN1CCOCC1)N1CCN(c2ccccn2)CC1. The second kappa shape index (κ2) is 10.3. The zero-order valence-corrected chi connectivity index (χ0v) is 15.9. The van der Waals surface area contributed by atoms with Gasteiger partial charge in [0.05, 0.1) is 13.2 Å². The monoisotopic (exact) mass is 360 g/mol. The highest BCUT2D eigenvalue weighted by Crippen LogP contribution is 2.12. The molecular formula is C19H32N6O. The third kappa shape index (κ3) is 5.57. The number of anilines is 1. The molecule has 2 saturated heterocycles. The number of piperazine rings is 1. The van der Waals surface area contributed by atoms with Gasteiger partial charge in [-0.25, -0.2) is 4.98 Å². The van der Waals surface area contributed by atoms with E-state index in [-0.39, 0.29) is 0 Å². The van der Waals surface area contributed by atoms with Crippen molar-refractivity contribution in [1.29, 1.82) is 0 Å². The molecule has 0 saturated carbocycles. The number of morpholine rings is 1. The molecule has 0 bridgehead atoms. The van der Waals surface area contributed by atoms with Crippen LogP contribution in [0.1, 0.15) is 13.3 Å². The first-order valence-corrected chi connectivity index (χ1v) is 9.86. The molecule has 144 valence electrons. The number of aliphatic imine (C=N–C) groups is 1. The van der Waals surface area contributed by atoms with Gasteiger partial charge in [-0.2, -0.15) is 0 Å². The van der Waals surface area contributed by atoms with Gasteiger partial charge < -0.3 is 19.9 Å². The van der Waals surface area contributed by atoms with Gasteiger partial charge in [0.1, 0.15) is 5.82 Å². The Morgan fingerprint density at radius 1 is 1.15 bits per heavy atom. The van der Waals surface area contributed by atoms with Gasteiger partial charge in [0.15, 0.2) is 5.96 Å². The van der Waals surface area contributed by atoms with Gasteiger partial charge in [-0.1, -0.05) is 6.07 Å². The molecule has 0 unspecified atom stereocenters. The van der Waals surface area contributed by atoms with Gasteiger partial charge in [-0.05, 0) is 25.5 Å². The van der Waals surface area contributed by atoms with Crippen molar-refractivity contribution in [3.63, 3.8) is 0 Å². The molecule has 0 amide bonds. The van der Waals surface area contributed by atoms with E-state index in [4.69, 9.17) is 9.73 Å². The van der Waals surface area contributed by atoms with Crippen molar-refractivity contribution in [1.82, 2.24) is 20.1 Å². The molecule has 3 heterocycles. The average molecular weight is 361 g/mol. The van der Waals surface area contributed by atoms with E-state index in [0.29, 0.717) is 0 Å². The van der Waals surface area contributed by atoms with Gasteiger partial charge in [-0.3, -0.25) is 9.89 Å². The van der Waals surface area contributed by atoms with Gasteiger partial charge >= 0.3 is 0 Å². The molecular weight excluding hydrogens is 328 g/mol. The maximum absolute atomic E-state index is 5.40. The average Bonchev–Trinajstić information content (AvgIpc) is 2.72. The van der Waals surface area contributed by atoms with Crippen molar-refractivity contribution in [3.05, 3.63) is 24.4 Å². The van der Waals surface area contributed by atoms with Crippen molar-refractivity contribution in [2.75, 3.05) is 77.0 Å². The lowest BCUT2D eigenvalue weighted by Gasteiger charge is -2.37. The Labute approximate surface area is 157 Å². The van der Waals surface area contributed by atoms with Crippen LogP contribution in [0, 0.1) is 0 Å². The van der Waals surface area contributed by atoms with E-state index in [1.165, 1.54) is 0 Å². The van der Waals surface area contributed by atoms with E-state index in [1.54, 1.807) is 0 Å². The van der Waals surface area contributed by atoms with Crippen LogP contribution in [0.3, 0.4) is 0 Å². The zero-order chi connectivity index (χ0) is 18.0. The topological polar surface area (TPSA) is 56.2 Å². The van der Waals surface area contributed by atoms with Crippen LogP contribution in [0.5, 0.6) is 0 Å². The minimum absolute atomic E-state index is 0.868. The first kappa shape index (κ1) is 18.9. The Bertz CT molecular complexity index is 538. The van der Waals surface area contributed by atoms with E-state index in [1.807, 2.05) is 12.3 Å². The smallest absolute Gasteiger partial charge is 0.194 e. The quantitative estimate of drug-likeness (QED) is 0.462. The standard InChI is InChI=1S/C19H32N6O/c1-2-20-19(22-8-5-9-23-14-16-26-17-15-23)25-12-10-24(11-13-25)18-6-3-4-7-21-18/h3-4,6-7H,2,5,8-17H2,1H3,(H,20,22). The van der Waals surface area contributed by atoms with Crippen LogP contribution in [0.15, 0.2) is 29.4 Å². The normalized spacial score (nSPS) is 19.7. The maximum Gasteiger partial charge on any atom is 0.194 e. The third-order valence-corrected chi connectivity index (χ3v) is 4.89. The van der Waals surface area contributed by atoms with Crippen molar-refractivity contribution in [3.8, 4) is 0 Å². The van der Waals surface area contributed by atoms with E-state index < -0.39 is 0 Å². The van der Waals surface area contributed by atoms with Gasteiger partial charge in [0.25, 0.3) is 0 Å². The van der Waals surface area contributed by atoms with Crippen LogP contribution in [0.2, 0.25) is 0 Å². The Kier molecular flexibility index (Phi) is 7.51. The molecule has 0 aromatic carbocycles. The minimum Gasteiger partial charge on any atom is -0.379 e. The Balaban J connectivity index is 1.45. The summed E-state index contributed by atoms with van der Waals surface area (Å²) in [5, 5.41) is 3.45. The molecule has 7 heteroatoms. The molecule has 0 aliphatic carbocycles. The second-order valence-corrected chi connectivity index (χ2v) is 6.71. The highest BCUT2D eigenvalue weighted by atomic mass is 16.5. The Morgan fingerprint density at radius 2 is 1.96 bits per heavy atom. The molecule has 2 aliphatic rings. The molecule has 1 aromatic rings. The predicted octanol–water partition coefficient (Wildman–Crippen LogP) is 0.891. The fourth-order valence-electron chi connectivity index (χ4n) is 3.42. The van der Waals surface area contributed by atoms with Gasteiger partial charge in [0.2, 0.25) is 0 Å². The first-order valence-electron chi connectivity index (χ1n) is 9.86. The zero-order valence-electron chi connectivity index (χ0n) is 15.9. The molecule has 2 fully saturated rings. The Hall–Kier alpha value is -1.86. The van der Waals surface area contributed by atoms with E-state index >= 15 is 0 Å². The summed E-state index contributed by atoms with van der Waals surface area (Å²) < 4.78 is 5.40. The van der Waals surface area contributed by atoms with Crippen LogP contribution in [0.25, 0.3) is 0 Å². The molecule has 7 nitrogen and oxygen atoms in total. The number of guanidine groups is 1. The molecule has 1 aromatic heterocycles. The van der Waals surface area contributed by atoms with E-state index in [9.17, 15) is 0 Å². The summed E-state index contributed by atoms with van der Waals surface area (Å²) in [6.45, 7) is 12.8. The summed E-state index contributed by atoms with van der Waals surface area (Å²) in [6.07, 6.45) is 2.96. The molecule has 2 aliphatic heterocycles. The summed E-state index contributed by atoms with van der Waals surface area (Å²) in [4.78, 5) is 16.5. The number of hydrogen-bond acceptors (Lipinski definition) is 5. The van der Waals surface area contributed by atoms with Gasteiger partial charge in [0, 0.05) is 65.1 Å². The molecule has 0 atom stereocenters. The summed E-state index contributed by atoms with van der Waals surface area (Å²) >= 11 is 0. The molecule has 0 radical (unpaired) electrons. The van der Waals surface area contributed by atoms with Crippen LogP contribution in [0.4, 0.5) is 5.82 Å².